The first-order chi connectivity index (χ1) is 21.0. The number of alkyl halides is 3. The second-order valence-electron chi connectivity index (χ2n) is 11.6. The van der Waals surface area contributed by atoms with Gasteiger partial charge in [0.05, 0.1) is 5.56 Å². The highest BCUT2D eigenvalue weighted by molar-refractivity contribution is 6.15. The van der Waals surface area contributed by atoms with Crippen LogP contribution in [0.1, 0.15) is 54.9 Å². The fourth-order valence-corrected chi connectivity index (χ4v) is 6.55. The minimum absolute atomic E-state index is 0.0441. The molecule has 2 unspecified atom stereocenters. The molecule has 6 nitrogen and oxygen atoms in total. The number of piperidine rings is 1. The number of halogens is 3. The number of nitrogens with two attached hydrogens (primary N) is 1. The van der Waals surface area contributed by atoms with Crippen LogP contribution in [0.3, 0.4) is 0 Å². The van der Waals surface area contributed by atoms with Gasteiger partial charge >= 0.3 is 6.18 Å². The number of hydrogen-bond acceptors (Lipinski definition) is 4. The molecule has 1 fully saturated rings. The summed E-state index contributed by atoms with van der Waals surface area (Å²) >= 11 is 0. The van der Waals surface area contributed by atoms with Gasteiger partial charge in [0, 0.05) is 42.5 Å². The van der Waals surface area contributed by atoms with Crippen molar-refractivity contribution in [1.29, 1.82) is 0 Å². The van der Waals surface area contributed by atoms with E-state index in [1.165, 1.54) is 24.6 Å². The Morgan fingerprint density at radius 3 is 2.16 bits per heavy atom. The summed E-state index contributed by atoms with van der Waals surface area (Å²) in [6.45, 7) is 4.09. The molecule has 1 saturated heterocycles. The molecule has 2 aliphatic heterocycles. The van der Waals surface area contributed by atoms with Crippen molar-refractivity contribution in [2.75, 3.05) is 18.0 Å². The number of allylic oxidation sites excluding steroid dienone is 2. The van der Waals surface area contributed by atoms with Gasteiger partial charge in [-0.2, -0.15) is 13.2 Å². The molecule has 2 aliphatic rings. The molecule has 2 atom stereocenters. The second kappa shape index (κ2) is 12.8. The highest BCUT2D eigenvalue weighted by Gasteiger charge is 2.49. The first-order valence-corrected chi connectivity index (χ1v) is 14.8. The Morgan fingerprint density at radius 2 is 1.57 bits per heavy atom. The number of benzene rings is 3. The van der Waals surface area contributed by atoms with Crippen LogP contribution in [0, 0.1) is 11.8 Å². The summed E-state index contributed by atoms with van der Waals surface area (Å²) in [5.74, 6) is -3.30. The van der Waals surface area contributed by atoms with Crippen LogP contribution in [-0.4, -0.2) is 35.6 Å². The summed E-state index contributed by atoms with van der Waals surface area (Å²) in [5.41, 5.74) is 7.92. The normalized spacial score (nSPS) is 19.8. The van der Waals surface area contributed by atoms with Gasteiger partial charge in [-0.1, -0.05) is 60.7 Å². The SMILES string of the molecule is CC(=O)C1=C(C)N(c2cccc(C(F)(F)F)c2)C(=O)C(C(=O)N2CCC(Cc3ccccc3)CC2)C1c1ccc(CN)cc1. The molecule has 0 bridgehead atoms. The van der Waals surface area contributed by atoms with E-state index in [0.29, 0.717) is 31.1 Å². The molecule has 0 saturated carbocycles. The molecule has 0 spiro atoms. The van der Waals surface area contributed by atoms with Crippen LogP contribution in [-0.2, 0) is 33.5 Å². The van der Waals surface area contributed by atoms with Crippen molar-refractivity contribution in [2.45, 2.75) is 51.7 Å². The zero-order chi connectivity index (χ0) is 31.6. The van der Waals surface area contributed by atoms with Crippen LogP contribution in [0.2, 0.25) is 0 Å². The number of Topliss-reactive ketones (excluding diaryl/α,β-unsaturated/α-hetero) is 1. The zero-order valence-electron chi connectivity index (χ0n) is 24.8. The van der Waals surface area contributed by atoms with Gasteiger partial charge in [0.2, 0.25) is 11.8 Å². The Hall–Kier alpha value is -4.24. The van der Waals surface area contributed by atoms with E-state index in [1.54, 1.807) is 36.1 Å². The van der Waals surface area contributed by atoms with E-state index in [1.807, 2.05) is 18.2 Å². The Morgan fingerprint density at radius 1 is 0.909 bits per heavy atom. The summed E-state index contributed by atoms with van der Waals surface area (Å²) < 4.78 is 41.0. The molecule has 2 N–H and O–H groups in total. The van der Waals surface area contributed by atoms with E-state index in [0.717, 1.165) is 41.9 Å². The van der Waals surface area contributed by atoms with Crippen molar-refractivity contribution in [1.82, 2.24) is 4.90 Å². The first kappa shape index (κ1) is 31.2. The van der Waals surface area contributed by atoms with E-state index in [-0.39, 0.29) is 22.7 Å². The van der Waals surface area contributed by atoms with Crippen molar-refractivity contribution in [3.05, 3.63) is 112 Å². The molecule has 2 heterocycles. The largest absolute Gasteiger partial charge is 0.416 e. The van der Waals surface area contributed by atoms with Gasteiger partial charge < -0.3 is 10.6 Å². The Labute approximate surface area is 255 Å². The van der Waals surface area contributed by atoms with E-state index in [2.05, 4.69) is 12.1 Å². The van der Waals surface area contributed by atoms with Gasteiger partial charge in [-0.25, -0.2) is 0 Å². The number of carbonyl (C=O) groups excluding carboxylic acids is 3. The highest BCUT2D eigenvalue weighted by Crippen LogP contribution is 2.44. The zero-order valence-corrected chi connectivity index (χ0v) is 24.8. The lowest BCUT2D eigenvalue weighted by Crippen LogP contribution is -2.53. The third-order valence-corrected chi connectivity index (χ3v) is 8.80. The average molecular weight is 604 g/mol. The number of anilines is 1. The Kier molecular flexibility index (Phi) is 9.06. The minimum Gasteiger partial charge on any atom is -0.342 e. The summed E-state index contributed by atoms with van der Waals surface area (Å²) in [6.07, 6.45) is -2.24. The molecule has 3 aromatic carbocycles. The number of likely N-dealkylation sites (tertiary alicyclic amines) is 1. The number of rotatable bonds is 7. The molecule has 3 aromatic rings. The molecule has 2 amide bonds. The fourth-order valence-electron chi connectivity index (χ4n) is 6.55. The minimum atomic E-state index is -4.64. The number of ketones is 1. The lowest BCUT2D eigenvalue weighted by molar-refractivity contribution is -0.143. The second-order valence-corrected chi connectivity index (χ2v) is 11.6. The van der Waals surface area contributed by atoms with E-state index >= 15 is 0 Å². The number of nitrogens with zero attached hydrogens (tertiary/aromatic N) is 2. The maximum absolute atomic E-state index is 14.4. The van der Waals surface area contributed by atoms with Crippen molar-refractivity contribution < 1.29 is 27.6 Å². The Bertz CT molecular complexity index is 1560. The van der Waals surface area contributed by atoms with Gasteiger partial charge in [-0.05, 0) is 73.9 Å². The maximum Gasteiger partial charge on any atom is 0.416 e. The monoisotopic (exact) mass is 603 g/mol. The third-order valence-electron chi connectivity index (χ3n) is 8.80. The topological polar surface area (TPSA) is 83.7 Å². The molecule has 0 aliphatic carbocycles. The van der Waals surface area contributed by atoms with Gasteiger partial charge in [0.25, 0.3) is 0 Å². The molecule has 230 valence electrons. The summed E-state index contributed by atoms with van der Waals surface area (Å²) in [7, 11) is 0. The van der Waals surface area contributed by atoms with Gasteiger partial charge in [-0.3, -0.25) is 19.3 Å². The molecule has 9 heteroatoms. The quantitative estimate of drug-likeness (QED) is 0.324. The van der Waals surface area contributed by atoms with E-state index < -0.39 is 35.4 Å². The van der Waals surface area contributed by atoms with Crippen LogP contribution in [0.15, 0.2) is 90.1 Å². The van der Waals surface area contributed by atoms with E-state index in [9.17, 15) is 27.6 Å². The maximum atomic E-state index is 14.4. The lowest BCUT2D eigenvalue weighted by Gasteiger charge is -2.42. The molecular formula is C35H36F3N3O3. The van der Waals surface area contributed by atoms with Crippen LogP contribution >= 0.6 is 0 Å². The summed E-state index contributed by atoms with van der Waals surface area (Å²) in [4.78, 5) is 44.8. The third kappa shape index (κ3) is 6.33. The van der Waals surface area contributed by atoms with Gasteiger partial charge in [-0.15, -0.1) is 0 Å². The van der Waals surface area contributed by atoms with Crippen LogP contribution < -0.4 is 10.6 Å². The number of amides is 2. The molecule has 44 heavy (non-hydrogen) atoms. The van der Waals surface area contributed by atoms with Crippen molar-refractivity contribution in [3.63, 3.8) is 0 Å². The van der Waals surface area contributed by atoms with E-state index in [4.69, 9.17) is 5.73 Å². The predicted molar refractivity (Wildman–Crippen MR) is 162 cm³/mol. The van der Waals surface area contributed by atoms with Gasteiger partial charge in [0.15, 0.2) is 5.78 Å². The lowest BCUT2D eigenvalue weighted by atomic mass is 9.73. The predicted octanol–water partition coefficient (Wildman–Crippen LogP) is 6.26. The Balaban J connectivity index is 1.54. The van der Waals surface area contributed by atoms with Crippen LogP contribution in [0.5, 0.6) is 0 Å². The molecule has 0 aromatic heterocycles. The highest BCUT2D eigenvalue weighted by atomic mass is 19.4. The molecular weight excluding hydrogens is 567 g/mol. The van der Waals surface area contributed by atoms with Crippen molar-refractivity contribution in [2.24, 2.45) is 17.6 Å². The van der Waals surface area contributed by atoms with Crippen molar-refractivity contribution >= 4 is 23.3 Å². The number of carbonyl (C=O) groups is 3. The smallest absolute Gasteiger partial charge is 0.342 e. The molecule has 0 radical (unpaired) electrons. The van der Waals surface area contributed by atoms with Crippen molar-refractivity contribution in [3.8, 4) is 0 Å². The number of hydrogen-bond donors (Lipinski definition) is 1. The van der Waals surface area contributed by atoms with Gasteiger partial charge in [0.1, 0.15) is 5.92 Å². The van der Waals surface area contributed by atoms with Crippen LogP contribution in [0.25, 0.3) is 0 Å². The summed E-state index contributed by atoms with van der Waals surface area (Å²) in [6, 6.07) is 21.7. The van der Waals surface area contributed by atoms with Crippen LogP contribution in [0.4, 0.5) is 18.9 Å². The fraction of sp³-hybridized carbons (Fsp3) is 0.343. The summed E-state index contributed by atoms with van der Waals surface area (Å²) in [5, 5.41) is 0. The standard InChI is InChI=1S/C35H36F3N3O3/c1-22-30(23(2)42)31(27-13-11-26(21-39)12-14-27)32(34(44)41(22)29-10-6-9-28(20-29)35(36,37)38)33(43)40-17-15-25(16-18-40)19-24-7-4-3-5-8-24/h3-14,20,25,31-32H,15-19,21,39H2,1-2H3. The average Bonchev–Trinajstić information content (AvgIpc) is 3.01. The molecule has 5 rings (SSSR count). The first-order valence-electron chi connectivity index (χ1n) is 14.8.